The number of benzene rings is 2. The second-order valence-electron chi connectivity index (χ2n) is 8.18. The Bertz CT molecular complexity index is 1150. The van der Waals surface area contributed by atoms with Crippen LogP contribution in [0.25, 0.3) is 0 Å². The third kappa shape index (κ3) is 7.40. The van der Waals surface area contributed by atoms with Crippen LogP contribution in [0, 0.1) is 5.82 Å². The van der Waals surface area contributed by atoms with E-state index >= 15 is 0 Å². The molecule has 35 heavy (non-hydrogen) atoms. The van der Waals surface area contributed by atoms with Crippen molar-refractivity contribution in [3.63, 3.8) is 0 Å². The molecule has 1 aliphatic rings. The van der Waals surface area contributed by atoms with Crippen molar-refractivity contribution in [2.75, 3.05) is 6.61 Å². The summed E-state index contributed by atoms with van der Waals surface area (Å²) in [6, 6.07) is 13.0. The number of ether oxygens (including phenoxy) is 2. The van der Waals surface area contributed by atoms with Crippen LogP contribution in [0.4, 0.5) is 4.39 Å². The minimum absolute atomic E-state index is 0.0146. The number of hydrogen-bond donors (Lipinski definition) is 2. The van der Waals surface area contributed by atoms with Crippen LogP contribution in [0.3, 0.4) is 0 Å². The van der Waals surface area contributed by atoms with Gasteiger partial charge in [0.15, 0.2) is 18.2 Å². The van der Waals surface area contributed by atoms with E-state index < -0.39 is 5.82 Å². The lowest BCUT2D eigenvalue weighted by atomic mass is 9.91. The lowest BCUT2D eigenvalue weighted by Gasteiger charge is -2.29. The highest BCUT2D eigenvalue weighted by atomic mass is 35.5. The van der Waals surface area contributed by atoms with Gasteiger partial charge < -0.3 is 20.1 Å². The molecule has 0 spiro atoms. The van der Waals surface area contributed by atoms with E-state index in [9.17, 15) is 14.0 Å². The molecular weight excluding hydrogens is 493 g/mol. The summed E-state index contributed by atoms with van der Waals surface area (Å²) in [5.41, 5.74) is 0.317. The zero-order valence-electron chi connectivity index (χ0n) is 18.8. The first-order valence-corrected chi connectivity index (χ1v) is 12.5. The molecule has 7 nitrogen and oxygen atoms in total. The van der Waals surface area contributed by atoms with Gasteiger partial charge in [-0.1, -0.05) is 23.7 Å². The Labute approximate surface area is 211 Å². The predicted octanol–water partition coefficient (Wildman–Crippen LogP) is 4.75. The van der Waals surface area contributed by atoms with E-state index in [1.165, 1.54) is 17.4 Å². The molecule has 0 aliphatic heterocycles. The molecule has 0 atom stereocenters. The highest BCUT2D eigenvalue weighted by molar-refractivity contribution is 7.09. The fourth-order valence-corrected chi connectivity index (χ4v) is 4.58. The van der Waals surface area contributed by atoms with Crippen molar-refractivity contribution < 1.29 is 23.5 Å². The van der Waals surface area contributed by atoms with Crippen molar-refractivity contribution in [1.29, 1.82) is 0 Å². The standard InChI is InChI=1S/C25H25ClFN3O4S/c26-16-5-11-19(12-6-16)33-13-23(31)28-17-7-9-18(10-8-17)29-25(32)21-15-35-24(30-21)14-34-22-4-2-1-3-20(22)27/h1-6,11-12,15,17-18H,7-10,13-14H2,(H,28,31)(H,29,32). The quantitative estimate of drug-likeness (QED) is 0.427. The van der Waals surface area contributed by atoms with Gasteiger partial charge in [0, 0.05) is 22.5 Å². The van der Waals surface area contributed by atoms with Gasteiger partial charge >= 0.3 is 0 Å². The molecule has 10 heteroatoms. The summed E-state index contributed by atoms with van der Waals surface area (Å²) < 4.78 is 24.6. The SMILES string of the molecule is O=C(COc1ccc(Cl)cc1)NC1CCC(NC(=O)c2csc(COc3ccccc3F)n2)CC1. The number of halogens is 2. The van der Waals surface area contributed by atoms with Crippen LogP contribution >= 0.6 is 22.9 Å². The third-order valence-electron chi connectivity index (χ3n) is 5.58. The molecular formula is C25H25ClFN3O4S. The maximum Gasteiger partial charge on any atom is 0.270 e. The fraction of sp³-hybridized carbons (Fsp3) is 0.320. The lowest BCUT2D eigenvalue weighted by Crippen LogP contribution is -2.45. The highest BCUT2D eigenvalue weighted by Crippen LogP contribution is 2.21. The van der Waals surface area contributed by atoms with Crippen LogP contribution in [0.15, 0.2) is 53.9 Å². The zero-order valence-corrected chi connectivity index (χ0v) is 20.4. The summed E-state index contributed by atoms with van der Waals surface area (Å²) in [5.74, 6) is -0.140. The molecule has 4 rings (SSSR count). The van der Waals surface area contributed by atoms with Crippen LogP contribution in [0.1, 0.15) is 41.2 Å². The molecule has 1 aromatic heterocycles. The maximum atomic E-state index is 13.7. The van der Waals surface area contributed by atoms with Gasteiger partial charge in [-0.15, -0.1) is 11.3 Å². The minimum atomic E-state index is -0.442. The number of nitrogens with zero attached hydrogens (tertiary/aromatic N) is 1. The zero-order chi connectivity index (χ0) is 24.6. The van der Waals surface area contributed by atoms with E-state index in [4.69, 9.17) is 21.1 Å². The van der Waals surface area contributed by atoms with Crippen molar-refractivity contribution in [2.45, 2.75) is 44.4 Å². The van der Waals surface area contributed by atoms with Crippen molar-refractivity contribution in [3.05, 3.63) is 75.5 Å². The predicted molar refractivity (Wildman–Crippen MR) is 131 cm³/mol. The Morgan fingerprint density at radius 1 is 1.00 bits per heavy atom. The molecule has 0 unspecified atom stereocenters. The number of aromatic nitrogens is 1. The van der Waals surface area contributed by atoms with Gasteiger partial charge in [0.25, 0.3) is 11.8 Å². The average molecular weight is 518 g/mol. The van der Waals surface area contributed by atoms with Crippen molar-refractivity contribution in [2.24, 2.45) is 0 Å². The summed E-state index contributed by atoms with van der Waals surface area (Å²) in [4.78, 5) is 29.1. The molecule has 2 amide bonds. The van der Waals surface area contributed by atoms with Gasteiger partial charge in [-0.2, -0.15) is 0 Å². The van der Waals surface area contributed by atoms with Crippen LogP contribution in [-0.4, -0.2) is 35.5 Å². The summed E-state index contributed by atoms with van der Waals surface area (Å²) in [6.45, 7) is 0.0243. The number of rotatable bonds is 9. The second-order valence-corrected chi connectivity index (χ2v) is 9.56. The monoisotopic (exact) mass is 517 g/mol. The van der Waals surface area contributed by atoms with Crippen molar-refractivity contribution in [1.82, 2.24) is 15.6 Å². The smallest absolute Gasteiger partial charge is 0.270 e. The molecule has 184 valence electrons. The Balaban J connectivity index is 1.16. The van der Waals surface area contributed by atoms with Gasteiger partial charge in [-0.25, -0.2) is 9.37 Å². The molecule has 1 saturated carbocycles. The van der Waals surface area contributed by atoms with E-state index in [1.54, 1.807) is 47.8 Å². The Morgan fingerprint density at radius 2 is 1.69 bits per heavy atom. The number of thiazole rings is 1. The Morgan fingerprint density at radius 3 is 2.40 bits per heavy atom. The van der Waals surface area contributed by atoms with Gasteiger partial charge in [-0.3, -0.25) is 9.59 Å². The fourth-order valence-electron chi connectivity index (χ4n) is 3.77. The number of para-hydroxylation sites is 1. The first kappa shape index (κ1) is 24.9. The maximum absolute atomic E-state index is 13.7. The number of amides is 2. The van der Waals surface area contributed by atoms with Gasteiger partial charge in [-0.05, 0) is 62.1 Å². The van der Waals surface area contributed by atoms with Gasteiger partial charge in [0.2, 0.25) is 0 Å². The van der Waals surface area contributed by atoms with E-state index in [1.807, 2.05) is 0 Å². The molecule has 2 N–H and O–H groups in total. The molecule has 0 radical (unpaired) electrons. The topological polar surface area (TPSA) is 89.6 Å². The molecule has 0 saturated heterocycles. The Hall–Kier alpha value is -3.17. The van der Waals surface area contributed by atoms with Gasteiger partial charge in [0.1, 0.15) is 23.1 Å². The second kappa shape index (κ2) is 12.0. The number of hydrogen-bond acceptors (Lipinski definition) is 6. The Kier molecular flexibility index (Phi) is 8.54. The van der Waals surface area contributed by atoms with Crippen LogP contribution < -0.4 is 20.1 Å². The molecule has 1 heterocycles. The number of nitrogens with one attached hydrogen (secondary N) is 2. The third-order valence-corrected chi connectivity index (χ3v) is 6.66. The highest BCUT2D eigenvalue weighted by Gasteiger charge is 2.24. The molecule has 2 aromatic carbocycles. The summed E-state index contributed by atoms with van der Waals surface area (Å²) in [5, 5.41) is 8.86. The molecule has 1 fully saturated rings. The first-order valence-electron chi connectivity index (χ1n) is 11.3. The van der Waals surface area contributed by atoms with E-state index in [0.717, 1.165) is 25.7 Å². The molecule has 0 bridgehead atoms. The van der Waals surface area contributed by atoms with E-state index in [-0.39, 0.29) is 42.9 Å². The van der Waals surface area contributed by atoms with E-state index in [2.05, 4.69) is 15.6 Å². The van der Waals surface area contributed by atoms with Crippen LogP contribution in [-0.2, 0) is 11.4 Å². The summed E-state index contributed by atoms with van der Waals surface area (Å²) in [7, 11) is 0. The largest absolute Gasteiger partial charge is 0.484 e. The number of carbonyl (C=O) groups is 2. The van der Waals surface area contributed by atoms with E-state index in [0.29, 0.717) is 21.5 Å². The summed E-state index contributed by atoms with van der Waals surface area (Å²) >= 11 is 7.13. The normalized spacial score (nSPS) is 17.4. The average Bonchev–Trinajstić information content (AvgIpc) is 3.34. The van der Waals surface area contributed by atoms with Crippen molar-refractivity contribution >= 4 is 34.8 Å². The number of carbonyl (C=O) groups excluding carboxylic acids is 2. The van der Waals surface area contributed by atoms with Crippen molar-refractivity contribution in [3.8, 4) is 11.5 Å². The lowest BCUT2D eigenvalue weighted by molar-refractivity contribution is -0.124. The minimum Gasteiger partial charge on any atom is -0.484 e. The molecule has 1 aliphatic carbocycles. The molecule has 3 aromatic rings. The summed E-state index contributed by atoms with van der Waals surface area (Å²) in [6.07, 6.45) is 3.02. The van der Waals surface area contributed by atoms with Crippen LogP contribution in [0.2, 0.25) is 5.02 Å². The van der Waals surface area contributed by atoms with Crippen LogP contribution in [0.5, 0.6) is 11.5 Å². The van der Waals surface area contributed by atoms with Gasteiger partial charge in [0.05, 0.1) is 0 Å². The first-order chi connectivity index (χ1) is 17.0.